The molecule has 0 unspecified atom stereocenters. The molecule has 0 bridgehead atoms. The highest BCUT2D eigenvalue weighted by molar-refractivity contribution is 6.13. The van der Waals surface area contributed by atoms with Gasteiger partial charge in [0, 0.05) is 27.5 Å². The van der Waals surface area contributed by atoms with E-state index in [0.29, 0.717) is 23.0 Å². The Morgan fingerprint density at radius 1 is 0.356 bits per heavy atom. The molecule has 9 aromatic carbocycles. The predicted octanol–water partition coefficient (Wildman–Crippen LogP) is 14.0. The molecular formula is C54H32N4O. The van der Waals surface area contributed by atoms with Crippen LogP contribution in [0.5, 0.6) is 0 Å². The van der Waals surface area contributed by atoms with Crippen LogP contribution in [0.1, 0.15) is 5.56 Å². The Morgan fingerprint density at radius 3 is 1.68 bits per heavy atom. The monoisotopic (exact) mass is 752 g/mol. The Hall–Kier alpha value is -8.20. The van der Waals surface area contributed by atoms with Crippen LogP contribution < -0.4 is 0 Å². The lowest BCUT2D eigenvalue weighted by Crippen LogP contribution is -2.00. The quantitative estimate of drug-likeness (QED) is 0.158. The van der Waals surface area contributed by atoms with Crippen LogP contribution in [0.2, 0.25) is 0 Å². The molecule has 59 heavy (non-hydrogen) atoms. The van der Waals surface area contributed by atoms with Crippen LogP contribution in [0.4, 0.5) is 0 Å². The highest BCUT2D eigenvalue weighted by atomic mass is 16.3. The zero-order valence-corrected chi connectivity index (χ0v) is 31.7. The summed E-state index contributed by atoms with van der Waals surface area (Å²) >= 11 is 0. The van der Waals surface area contributed by atoms with Crippen LogP contribution in [0, 0.1) is 11.3 Å². The van der Waals surface area contributed by atoms with Crippen molar-refractivity contribution in [2.45, 2.75) is 0 Å². The molecule has 0 N–H and O–H groups in total. The van der Waals surface area contributed by atoms with Crippen molar-refractivity contribution in [1.29, 1.82) is 5.26 Å². The summed E-state index contributed by atoms with van der Waals surface area (Å²) in [7, 11) is 0. The Balaban J connectivity index is 1.04. The Morgan fingerprint density at radius 2 is 0.898 bits per heavy atom. The Labute approximate surface area is 340 Å². The number of hydrogen-bond acceptors (Lipinski definition) is 5. The van der Waals surface area contributed by atoms with E-state index in [0.717, 1.165) is 66.3 Å². The van der Waals surface area contributed by atoms with Gasteiger partial charge in [0.2, 0.25) is 0 Å². The minimum Gasteiger partial charge on any atom is -0.456 e. The van der Waals surface area contributed by atoms with Crippen LogP contribution in [0.25, 0.3) is 111 Å². The topological polar surface area (TPSA) is 75.6 Å². The lowest BCUT2D eigenvalue weighted by Gasteiger charge is -2.11. The summed E-state index contributed by atoms with van der Waals surface area (Å²) in [6.07, 6.45) is 0. The summed E-state index contributed by atoms with van der Waals surface area (Å²) < 4.78 is 6.57. The van der Waals surface area contributed by atoms with Crippen molar-refractivity contribution in [2.75, 3.05) is 0 Å². The number of rotatable bonds is 6. The predicted molar refractivity (Wildman–Crippen MR) is 239 cm³/mol. The molecule has 0 fully saturated rings. The van der Waals surface area contributed by atoms with Gasteiger partial charge in [-0.05, 0) is 97.4 Å². The largest absolute Gasteiger partial charge is 0.456 e. The van der Waals surface area contributed by atoms with E-state index in [9.17, 15) is 5.26 Å². The third kappa shape index (κ3) is 6.17. The van der Waals surface area contributed by atoms with Gasteiger partial charge in [0.25, 0.3) is 0 Å². The number of hydrogen-bond donors (Lipinski definition) is 0. The second-order valence-electron chi connectivity index (χ2n) is 14.7. The summed E-state index contributed by atoms with van der Waals surface area (Å²) in [6, 6.07) is 68.8. The van der Waals surface area contributed by atoms with E-state index >= 15 is 0 Å². The van der Waals surface area contributed by atoms with Gasteiger partial charge in [0.05, 0.1) is 11.6 Å². The molecule has 0 aliphatic heterocycles. The van der Waals surface area contributed by atoms with Crippen LogP contribution in [0.15, 0.2) is 199 Å². The highest BCUT2D eigenvalue weighted by Gasteiger charge is 2.18. The van der Waals surface area contributed by atoms with E-state index in [2.05, 4.69) is 146 Å². The molecule has 274 valence electrons. The molecule has 2 heterocycles. The molecule has 0 atom stereocenters. The number of nitriles is 1. The van der Waals surface area contributed by atoms with Crippen molar-refractivity contribution in [2.24, 2.45) is 0 Å². The number of fused-ring (bicyclic) bond motifs is 6. The van der Waals surface area contributed by atoms with Crippen molar-refractivity contribution in [3.05, 3.63) is 200 Å². The molecule has 0 amide bonds. The lowest BCUT2D eigenvalue weighted by atomic mass is 9.96. The van der Waals surface area contributed by atoms with Gasteiger partial charge < -0.3 is 4.42 Å². The third-order valence-corrected chi connectivity index (χ3v) is 11.2. The minimum absolute atomic E-state index is 0.548. The van der Waals surface area contributed by atoms with E-state index in [1.165, 1.54) is 27.3 Å². The normalized spacial score (nSPS) is 11.4. The lowest BCUT2D eigenvalue weighted by molar-refractivity contribution is 0.669. The third-order valence-electron chi connectivity index (χ3n) is 11.2. The molecule has 11 rings (SSSR count). The Bertz CT molecular complexity index is 3440. The van der Waals surface area contributed by atoms with Crippen LogP contribution in [0.3, 0.4) is 0 Å². The maximum atomic E-state index is 9.35. The fourth-order valence-electron chi connectivity index (χ4n) is 8.17. The maximum absolute atomic E-state index is 9.35. The van der Waals surface area contributed by atoms with Gasteiger partial charge in [0.15, 0.2) is 17.5 Å². The van der Waals surface area contributed by atoms with E-state index in [1.807, 2.05) is 54.6 Å². The maximum Gasteiger partial charge on any atom is 0.164 e. The molecule has 0 aliphatic rings. The molecule has 0 radical (unpaired) electrons. The van der Waals surface area contributed by atoms with E-state index in [-0.39, 0.29) is 0 Å². The van der Waals surface area contributed by atoms with Crippen molar-refractivity contribution in [3.63, 3.8) is 0 Å². The van der Waals surface area contributed by atoms with Crippen molar-refractivity contribution in [1.82, 2.24) is 15.0 Å². The van der Waals surface area contributed by atoms with Gasteiger partial charge in [-0.25, -0.2) is 15.0 Å². The first kappa shape index (κ1) is 34.1. The minimum atomic E-state index is 0.548. The first-order valence-electron chi connectivity index (χ1n) is 19.6. The van der Waals surface area contributed by atoms with E-state index in [4.69, 9.17) is 19.4 Å². The zero-order chi connectivity index (χ0) is 39.3. The van der Waals surface area contributed by atoms with Gasteiger partial charge in [-0.3, -0.25) is 0 Å². The van der Waals surface area contributed by atoms with Crippen molar-refractivity contribution >= 4 is 43.5 Å². The average molecular weight is 753 g/mol. The molecule has 11 aromatic rings. The number of furan rings is 1. The van der Waals surface area contributed by atoms with Crippen LogP contribution in [-0.2, 0) is 0 Å². The second-order valence-corrected chi connectivity index (χ2v) is 14.7. The molecule has 0 saturated carbocycles. The number of aromatic nitrogens is 3. The van der Waals surface area contributed by atoms with Gasteiger partial charge >= 0.3 is 0 Å². The SMILES string of the molecule is N#Cc1ccc(-c2cccc(-c3nc(-c4ccc5c(ccc6ccccc65)c4)nc(-c4ccc5c(c4)oc4cccc(-c6ccc(-c7ccccc7)cc6)c45)n3)c2)cc1. The fourth-order valence-corrected chi connectivity index (χ4v) is 8.17. The van der Waals surface area contributed by atoms with Gasteiger partial charge in [-0.2, -0.15) is 5.26 Å². The van der Waals surface area contributed by atoms with E-state index in [1.54, 1.807) is 0 Å². The first-order valence-corrected chi connectivity index (χ1v) is 19.6. The summed E-state index contributed by atoms with van der Waals surface area (Å²) in [4.78, 5) is 15.4. The summed E-state index contributed by atoms with van der Waals surface area (Å²) in [5.74, 6) is 1.69. The van der Waals surface area contributed by atoms with Gasteiger partial charge in [-0.1, -0.05) is 152 Å². The van der Waals surface area contributed by atoms with Crippen LogP contribution in [-0.4, -0.2) is 15.0 Å². The summed E-state index contributed by atoms with van der Waals surface area (Å²) in [6.45, 7) is 0. The van der Waals surface area contributed by atoms with E-state index < -0.39 is 0 Å². The molecular weight excluding hydrogens is 721 g/mol. The Kier molecular flexibility index (Phi) is 8.13. The molecule has 5 heteroatoms. The van der Waals surface area contributed by atoms with Crippen LogP contribution >= 0.6 is 0 Å². The summed E-state index contributed by atoms with van der Waals surface area (Å²) in [5, 5.41) is 16.2. The van der Waals surface area contributed by atoms with Gasteiger partial charge in [-0.15, -0.1) is 0 Å². The molecule has 5 nitrogen and oxygen atoms in total. The summed E-state index contributed by atoms with van der Waals surface area (Å²) in [5.41, 5.74) is 11.4. The fraction of sp³-hybridized carbons (Fsp3) is 0. The molecule has 0 saturated heterocycles. The van der Waals surface area contributed by atoms with Gasteiger partial charge in [0.1, 0.15) is 11.2 Å². The highest BCUT2D eigenvalue weighted by Crippen LogP contribution is 2.39. The average Bonchev–Trinajstić information content (AvgIpc) is 3.70. The smallest absolute Gasteiger partial charge is 0.164 e. The number of benzene rings is 9. The standard InChI is InChI=1S/C54H32N4O/c55-33-34-16-18-37(19-17-34)40-11-6-12-42(30-40)52-56-53(43-26-28-46-41(31-43)25-24-38-10-4-5-13-45(38)46)58-54(57-52)44-27-29-48-50(32-44)59-49-15-7-14-47(51(48)49)39-22-20-36(21-23-39)35-8-2-1-3-9-35/h1-32H. The second kappa shape index (κ2) is 14.1. The van der Waals surface area contributed by atoms with Crippen molar-refractivity contribution in [3.8, 4) is 73.6 Å². The first-order chi connectivity index (χ1) is 29.1. The van der Waals surface area contributed by atoms with Crippen molar-refractivity contribution < 1.29 is 4.42 Å². The number of nitrogens with zero attached hydrogens (tertiary/aromatic N) is 4. The molecule has 0 aliphatic carbocycles. The zero-order valence-electron chi connectivity index (χ0n) is 31.7. The molecule has 2 aromatic heterocycles. The molecule has 0 spiro atoms.